The summed E-state index contributed by atoms with van der Waals surface area (Å²) < 4.78 is 16.9. The molecule has 0 amide bonds. The van der Waals surface area contributed by atoms with Gasteiger partial charge in [-0.05, 0) is 128 Å². The summed E-state index contributed by atoms with van der Waals surface area (Å²) in [4.78, 5) is 38.4. The number of carbonyl (C=O) groups excluding carboxylic acids is 3. The van der Waals surface area contributed by atoms with Gasteiger partial charge in [0.2, 0.25) is 0 Å². The van der Waals surface area contributed by atoms with Crippen molar-refractivity contribution in [2.24, 2.45) is 0 Å². The van der Waals surface area contributed by atoms with Crippen molar-refractivity contribution in [2.75, 3.05) is 13.2 Å². The van der Waals surface area contributed by atoms with E-state index in [9.17, 15) is 14.4 Å². The first-order valence-corrected chi connectivity index (χ1v) is 35.0. The molecule has 0 aromatic heterocycles. The van der Waals surface area contributed by atoms with Crippen molar-refractivity contribution < 1.29 is 28.6 Å². The molecule has 0 N–H and O–H groups in total. The Morgan fingerprint density at radius 3 is 0.747 bits per heavy atom. The van der Waals surface area contributed by atoms with Crippen LogP contribution in [0.2, 0.25) is 0 Å². The molecule has 0 heterocycles. The zero-order chi connectivity index (χ0) is 59.9. The van der Waals surface area contributed by atoms with E-state index in [1.54, 1.807) is 0 Å². The fourth-order valence-electron chi connectivity index (χ4n) is 9.75. The van der Waals surface area contributed by atoms with Crippen LogP contribution in [0.15, 0.2) is 122 Å². The van der Waals surface area contributed by atoms with E-state index in [1.807, 2.05) is 0 Å². The predicted octanol–water partition coefficient (Wildman–Crippen LogP) is 24.3. The molecule has 0 aliphatic rings. The van der Waals surface area contributed by atoms with Crippen molar-refractivity contribution in [3.05, 3.63) is 122 Å². The van der Waals surface area contributed by atoms with Crippen LogP contribution < -0.4 is 0 Å². The van der Waals surface area contributed by atoms with E-state index >= 15 is 0 Å². The van der Waals surface area contributed by atoms with E-state index in [1.165, 1.54) is 167 Å². The summed E-state index contributed by atoms with van der Waals surface area (Å²) in [7, 11) is 0. The lowest BCUT2D eigenvalue weighted by Gasteiger charge is -2.18. The summed E-state index contributed by atoms with van der Waals surface area (Å²) in [6, 6.07) is 0. The molecule has 1 unspecified atom stereocenters. The van der Waals surface area contributed by atoms with Crippen LogP contribution in [-0.2, 0) is 28.6 Å². The Balaban J connectivity index is 4.30. The Labute approximate surface area is 513 Å². The van der Waals surface area contributed by atoms with Gasteiger partial charge >= 0.3 is 17.9 Å². The third-order valence-corrected chi connectivity index (χ3v) is 14.9. The van der Waals surface area contributed by atoms with Crippen LogP contribution in [0.5, 0.6) is 0 Å². The van der Waals surface area contributed by atoms with Crippen molar-refractivity contribution in [1.82, 2.24) is 0 Å². The molecule has 0 spiro atoms. The summed E-state index contributed by atoms with van der Waals surface area (Å²) in [5.74, 6) is -0.914. The molecule has 0 bridgehead atoms. The number of esters is 3. The minimum atomic E-state index is -0.796. The summed E-state index contributed by atoms with van der Waals surface area (Å²) >= 11 is 0. The van der Waals surface area contributed by atoms with E-state index in [0.29, 0.717) is 19.3 Å². The van der Waals surface area contributed by atoms with Crippen molar-refractivity contribution in [1.29, 1.82) is 0 Å². The Bertz CT molecular complexity index is 1700. The van der Waals surface area contributed by atoms with Gasteiger partial charge in [-0.1, -0.05) is 303 Å². The molecule has 0 aliphatic heterocycles. The first-order chi connectivity index (χ1) is 41.0. The second-order valence-corrected chi connectivity index (χ2v) is 23.0. The molecule has 0 aromatic rings. The van der Waals surface area contributed by atoms with Gasteiger partial charge in [0, 0.05) is 19.3 Å². The van der Waals surface area contributed by atoms with Crippen molar-refractivity contribution in [2.45, 2.75) is 335 Å². The van der Waals surface area contributed by atoms with Crippen LogP contribution in [0.1, 0.15) is 329 Å². The molecule has 0 aliphatic carbocycles. The van der Waals surface area contributed by atoms with E-state index in [4.69, 9.17) is 14.2 Å². The van der Waals surface area contributed by atoms with Crippen LogP contribution in [0.3, 0.4) is 0 Å². The zero-order valence-corrected chi connectivity index (χ0v) is 54.4. The molecule has 474 valence electrons. The summed E-state index contributed by atoms with van der Waals surface area (Å²) in [6.45, 7) is 6.40. The summed E-state index contributed by atoms with van der Waals surface area (Å²) in [5, 5.41) is 0. The van der Waals surface area contributed by atoms with E-state index in [-0.39, 0.29) is 31.1 Å². The number of hydrogen-bond donors (Lipinski definition) is 0. The van der Waals surface area contributed by atoms with Gasteiger partial charge in [0.05, 0.1) is 0 Å². The lowest BCUT2D eigenvalue weighted by Crippen LogP contribution is -2.30. The molecule has 83 heavy (non-hydrogen) atoms. The van der Waals surface area contributed by atoms with Crippen LogP contribution in [0, 0.1) is 0 Å². The third-order valence-electron chi connectivity index (χ3n) is 14.9. The standard InChI is InChI=1S/C77H130O6/c1-4-7-10-13-16-19-22-25-27-29-31-33-35-37-38-40-41-43-45-47-49-52-55-58-61-64-67-70-76(79)82-73-74(72-81-75(78)69-66-63-60-57-54-51-24-21-18-15-12-9-6-3)83-77(80)71-68-65-62-59-56-53-50-48-46-44-42-39-36-34-32-30-28-26-23-20-17-14-11-8-5-2/h7,9-10,12,16,18-19,21,23,25-27,30-33,37-38,51,54,74H,4-6,8,11,13-15,17,20,22,24,28-29,34-36,39-50,52-53,55-73H2,1-3H3/b10-7-,12-9-,19-16-,21-18-,26-23-,27-25-,32-30-,33-31-,38-37-,54-51-. The number of allylic oxidation sites excluding steroid dienone is 20. The molecular weight excluding hydrogens is 1020 g/mol. The lowest BCUT2D eigenvalue weighted by molar-refractivity contribution is -0.167. The lowest BCUT2D eigenvalue weighted by atomic mass is 10.0. The molecule has 6 heteroatoms. The molecule has 1 atom stereocenters. The first kappa shape index (κ1) is 78.8. The number of rotatable bonds is 63. The van der Waals surface area contributed by atoms with Gasteiger partial charge in [-0.2, -0.15) is 0 Å². The minimum absolute atomic E-state index is 0.0898. The van der Waals surface area contributed by atoms with E-state index < -0.39 is 6.10 Å². The van der Waals surface area contributed by atoms with Gasteiger partial charge < -0.3 is 14.2 Å². The number of carbonyl (C=O) groups is 3. The quantitative estimate of drug-likeness (QED) is 0.0261. The van der Waals surface area contributed by atoms with Gasteiger partial charge in [-0.25, -0.2) is 0 Å². The second-order valence-electron chi connectivity index (χ2n) is 23.0. The predicted molar refractivity (Wildman–Crippen MR) is 362 cm³/mol. The number of ether oxygens (including phenoxy) is 3. The smallest absolute Gasteiger partial charge is 0.306 e. The highest BCUT2D eigenvalue weighted by molar-refractivity contribution is 5.71. The van der Waals surface area contributed by atoms with Gasteiger partial charge in [0.1, 0.15) is 13.2 Å². The van der Waals surface area contributed by atoms with Gasteiger partial charge in [-0.15, -0.1) is 0 Å². The fourth-order valence-corrected chi connectivity index (χ4v) is 9.75. The number of hydrogen-bond acceptors (Lipinski definition) is 6. The Morgan fingerprint density at radius 2 is 0.470 bits per heavy atom. The number of unbranched alkanes of at least 4 members (excludes halogenated alkanes) is 32. The molecule has 0 saturated heterocycles. The first-order valence-electron chi connectivity index (χ1n) is 35.0. The van der Waals surface area contributed by atoms with Crippen LogP contribution in [0.25, 0.3) is 0 Å². The molecule has 0 radical (unpaired) electrons. The van der Waals surface area contributed by atoms with Crippen molar-refractivity contribution in [3.63, 3.8) is 0 Å². The van der Waals surface area contributed by atoms with Crippen LogP contribution in [0.4, 0.5) is 0 Å². The molecule has 0 fully saturated rings. The Kier molecular flexibility index (Phi) is 66.7. The van der Waals surface area contributed by atoms with Gasteiger partial charge in [0.25, 0.3) is 0 Å². The van der Waals surface area contributed by atoms with Crippen LogP contribution >= 0.6 is 0 Å². The highest BCUT2D eigenvalue weighted by Gasteiger charge is 2.19. The summed E-state index contributed by atoms with van der Waals surface area (Å²) in [5.41, 5.74) is 0. The van der Waals surface area contributed by atoms with Gasteiger partial charge in [0.15, 0.2) is 6.10 Å². The second kappa shape index (κ2) is 70.3. The monoisotopic (exact) mass is 1150 g/mol. The molecule has 6 nitrogen and oxygen atoms in total. The molecule has 0 rings (SSSR count). The zero-order valence-electron chi connectivity index (χ0n) is 54.4. The average Bonchev–Trinajstić information content (AvgIpc) is 3.49. The van der Waals surface area contributed by atoms with E-state index in [0.717, 1.165) is 122 Å². The highest BCUT2D eigenvalue weighted by Crippen LogP contribution is 2.17. The topological polar surface area (TPSA) is 78.9 Å². The maximum atomic E-state index is 13.0. The maximum absolute atomic E-state index is 13.0. The Hall–Kier alpha value is -4.19. The minimum Gasteiger partial charge on any atom is -0.462 e. The van der Waals surface area contributed by atoms with Crippen molar-refractivity contribution in [3.8, 4) is 0 Å². The third kappa shape index (κ3) is 68.5. The largest absolute Gasteiger partial charge is 0.462 e. The highest BCUT2D eigenvalue weighted by atomic mass is 16.6. The summed E-state index contributed by atoms with van der Waals surface area (Å²) in [6.07, 6.45) is 98.0. The SMILES string of the molecule is CC/C=C\C/C=C\C/C=C\C/C=C\C/C=C\CCCCCCCCCCCCCC(=O)OCC(COC(=O)CCCCC/C=C\C/C=C\C/C=C\CC)OC(=O)CCCCCCCCCCCCCCC/C=C\C/C=C\CCCCCCC. The molecular formula is C77H130O6. The Morgan fingerprint density at radius 1 is 0.253 bits per heavy atom. The molecule has 0 saturated carbocycles. The van der Waals surface area contributed by atoms with E-state index in [2.05, 4.69) is 142 Å². The normalized spacial score (nSPS) is 12.9. The fraction of sp³-hybridized carbons (Fsp3) is 0.701. The van der Waals surface area contributed by atoms with Crippen molar-refractivity contribution >= 4 is 17.9 Å². The maximum Gasteiger partial charge on any atom is 0.306 e. The average molecular weight is 1150 g/mol. The molecule has 0 aromatic carbocycles. The van der Waals surface area contributed by atoms with Gasteiger partial charge in [-0.3, -0.25) is 14.4 Å². The van der Waals surface area contributed by atoms with Crippen LogP contribution in [-0.4, -0.2) is 37.2 Å².